The van der Waals surface area contributed by atoms with Crippen molar-refractivity contribution < 1.29 is 8.42 Å². The third kappa shape index (κ3) is 8.73. The molecule has 132 valence electrons. The van der Waals surface area contributed by atoms with Crippen molar-refractivity contribution >= 4 is 51.6 Å². The molecule has 0 aliphatic rings. The number of nitrogens with one attached hydrogen (secondary N) is 2. The van der Waals surface area contributed by atoms with Crippen molar-refractivity contribution in [1.82, 2.24) is 14.9 Å². The van der Waals surface area contributed by atoms with Gasteiger partial charge in [0.25, 0.3) is 0 Å². The highest BCUT2D eigenvalue weighted by Crippen LogP contribution is 2.10. The first-order chi connectivity index (χ1) is 10.4. The summed E-state index contributed by atoms with van der Waals surface area (Å²) >= 11 is 5.87. The monoisotopic (exact) mass is 474 g/mol. The lowest BCUT2D eigenvalue weighted by Gasteiger charge is -2.22. The molecule has 1 rings (SSSR count). The molecule has 0 saturated heterocycles. The first-order valence-corrected chi connectivity index (χ1v) is 9.04. The molecule has 0 radical (unpaired) electrons. The summed E-state index contributed by atoms with van der Waals surface area (Å²) < 4.78 is 25.2. The summed E-state index contributed by atoms with van der Waals surface area (Å²) in [6.07, 6.45) is 0. The predicted molar refractivity (Wildman–Crippen MR) is 107 cm³/mol. The number of guanidine groups is 1. The van der Waals surface area contributed by atoms with Gasteiger partial charge in [0.05, 0.1) is 5.75 Å². The van der Waals surface area contributed by atoms with Crippen LogP contribution in [-0.2, 0) is 16.6 Å². The Bertz CT molecular complexity index is 593. The minimum absolute atomic E-state index is 0. The van der Waals surface area contributed by atoms with Gasteiger partial charge in [0.1, 0.15) is 0 Å². The second-order valence-corrected chi connectivity index (χ2v) is 7.29. The van der Waals surface area contributed by atoms with E-state index in [-0.39, 0.29) is 29.7 Å². The second kappa shape index (κ2) is 11.1. The van der Waals surface area contributed by atoms with Gasteiger partial charge in [0.2, 0.25) is 10.0 Å². The van der Waals surface area contributed by atoms with Gasteiger partial charge in [-0.25, -0.2) is 13.1 Å². The lowest BCUT2D eigenvalue weighted by molar-refractivity contribution is 0.477. The van der Waals surface area contributed by atoms with Gasteiger partial charge in [-0.15, -0.1) is 24.0 Å². The van der Waals surface area contributed by atoms with Gasteiger partial charge >= 0.3 is 0 Å². The van der Waals surface area contributed by atoms with Gasteiger partial charge in [-0.2, -0.15) is 0 Å². The fraction of sp³-hybridized carbons (Fsp3) is 0.500. The van der Waals surface area contributed by atoms with Crippen molar-refractivity contribution in [2.45, 2.75) is 13.5 Å². The van der Waals surface area contributed by atoms with Crippen LogP contribution in [-0.4, -0.2) is 52.2 Å². The second-order valence-electron chi connectivity index (χ2n) is 4.75. The predicted octanol–water partition coefficient (Wildman–Crippen LogP) is 1.90. The highest BCUT2D eigenvalue weighted by molar-refractivity contribution is 14.0. The molecule has 0 unspecified atom stereocenters. The van der Waals surface area contributed by atoms with Crippen LogP contribution >= 0.6 is 35.6 Å². The first-order valence-electron chi connectivity index (χ1n) is 7.01. The quantitative estimate of drug-likeness (QED) is 0.274. The van der Waals surface area contributed by atoms with Gasteiger partial charge in [0.15, 0.2) is 5.96 Å². The smallest absolute Gasteiger partial charge is 0.211 e. The van der Waals surface area contributed by atoms with Crippen LogP contribution in [0.5, 0.6) is 0 Å². The van der Waals surface area contributed by atoms with Crippen molar-refractivity contribution in [3.05, 3.63) is 34.9 Å². The summed E-state index contributed by atoms with van der Waals surface area (Å²) in [4.78, 5) is 6.14. The van der Waals surface area contributed by atoms with Crippen LogP contribution in [0.3, 0.4) is 0 Å². The third-order valence-electron chi connectivity index (χ3n) is 3.02. The Hall–Kier alpha value is -0.580. The van der Waals surface area contributed by atoms with E-state index in [0.717, 1.165) is 5.56 Å². The Morgan fingerprint density at radius 1 is 1.26 bits per heavy atom. The zero-order valence-corrected chi connectivity index (χ0v) is 17.4. The number of nitrogens with zero attached hydrogens (tertiary/aromatic N) is 2. The molecule has 0 bridgehead atoms. The maximum atomic E-state index is 11.3. The van der Waals surface area contributed by atoms with Gasteiger partial charge in [0, 0.05) is 38.8 Å². The molecular formula is C14H24ClIN4O2S. The maximum Gasteiger partial charge on any atom is 0.211 e. The standard InChI is InChI=1S/C14H23ClN4O2S.HI/c1-4-22(20,21)18-10-9-17-14(16-2)19(3)11-12-5-7-13(15)8-6-12;/h5-8,18H,4,9-11H2,1-3H3,(H,16,17);1H. The van der Waals surface area contributed by atoms with Crippen molar-refractivity contribution in [3.8, 4) is 0 Å². The molecular weight excluding hydrogens is 451 g/mol. The number of aliphatic imine (C=N–C) groups is 1. The topological polar surface area (TPSA) is 73.8 Å². The van der Waals surface area contributed by atoms with Crippen molar-refractivity contribution in [2.75, 3.05) is 32.9 Å². The van der Waals surface area contributed by atoms with E-state index in [1.54, 1.807) is 14.0 Å². The molecule has 0 heterocycles. The van der Waals surface area contributed by atoms with E-state index in [1.165, 1.54) is 0 Å². The number of halogens is 2. The Morgan fingerprint density at radius 2 is 1.87 bits per heavy atom. The molecule has 0 amide bonds. The van der Waals surface area contributed by atoms with Crippen molar-refractivity contribution in [1.29, 1.82) is 0 Å². The number of benzene rings is 1. The summed E-state index contributed by atoms with van der Waals surface area (Å²) in [6.45, 7) is 3.08. The molecule has 0 aliphatic heterocycles. The molecule has 1 aromatic rings. The highest BCUT2D eigenvalue weighted by atomic mass is 127. The number of rotatable bonds is 7. The van der Waals surface area contributed by atoms with Crippen LogP contribution in [0.25, 0.3) is 0 Å². The summed E-state index contributed by atoms with van der Waals surface area (Å²) in [6, 6.07) is 7.61. The van der Waals surface area contributed by atoms with E-state index in [9.17, 15) is 8.42 Å². The SMILES string of the molecule is CCS(=O)(=O)NCCNC(=NC)N(C)Cc1ccc(Cl)cc1.I. The molecule has 2 N–H and O–H groups in total. The summed E-state index contributed by atoms with van der Waals surface area (Å²) in [5.41, 5.74) is 1.11. The minimum Gasteiger partial charge on any atom is -0.355 e. The minimum atomic E-state index is -3.15. The molecule has 0 spiro atoms. The van der Waals surface area contributed by atoms with E-state index in [0.29, 0.717) is 30.6 Å². The fourth-order valence-corrected chi connectivity index (χ4v) is 2.55. The van der Waals surface area contributed by atoms with Crippen LogP contribution in [0, 0.1) is 0 Å². The van der Waals surface area contributed by atoms with Crippen molar-refractivity contribution in [2.24, 2.45) is 4.99 Å². The number of hydrogen-bond acceptors (Lipinski definition) is 3. The van der Waals surface area contributed by atoms with Gasteiger partial charge in [-0.3, -0.25) is 4.99 Å². The number of hydrogen-bond donors (Lipinski definition) is 2. The third-order valence-corrected chi connectivity index (χ3v) is 4.67. The lowest BCUT2D eigenvalue weighted by atomic mass is 10.2. The number of sulfonamides is 1. The first kappa shape index (κ1) is 22.4. The maximum absolute atomic E-state index is 11.3. The average Bonchev–Trinajstić information content (AvgIpc) is 2.49. The van der Waals surface area contributed by atoms with E-state index in [2.05, 4.69) is 15.0 Å². The zero-order valence-electron chi connectivity index (χ0n) is 13.5. The van der Waals surface area contributed by atoms with E-state index in [1.807, 2.05) is 36.2 Å². The lowest BCUT2D eigenvalue weighted by Crippen LogP contribution is -2.42. The molecule has 1 aromatic carbocycles. The summed E-state index contributed by atoms with van der Waals surface area (Å²) in [5, 5.41) is 3.83. The van der Waals surface area contributed by atoms with E-state index >= 15 is 0 Å². The molecule has 6 nitrogen and oxygen atoms in total. The van der Waals surface area contributed by atoms with Crippen LogP contribution in [0.2, 0.25) is 5.02 Å². The van der Waals surface area contributed by atoms with Crippen LogP contribution in [0.4, 0.5) is 0 Å². The summed E-state index contributed by atoms with van der Waals surface area (Å²) in [7, 11) is 0.455. The molecule has 0 atom stereocenters. The van der Waals surface area contributed by atoms with E-state index in [4.69, 9.17) is 11.6 Å². The largest absolute Gasteiger partial charge is 0.355 e. The van der Waals surface area contributed by atoms with Crippen LogP contribution in [0.1, 0.15) is 12.5 Å². The van der Waals surface area contributed by atoms with Gasteiger partial charge in [-0.1, -0.05) is 23.7 Å². The Labute approximate surface area is 160 Å². The van der Waals surface area contributed by atoms with Crippen LogP contribution < -0.4 is 10.0 Å². The average molecular weight is 475 g/mol. The molecule has 23 heavy (non-hydrogen) atoms. The zero-order chi connectivity index (χ0) is 16.6. The van der Waals surface area contributed by atoms with Gasteiger partial charge in [-0.05, 0) is 24.6 Å². The Morgan fingerprint density at radius 3 is 2.39 bits per heavy atom. The fourth-order valence-electron chi connectivity index (χ4n) is 1.81. The molecule has 0 aromatic heterocycles. The molecule has 0 fully saturated rings. The van der Waals surface area contributed by atoms with Crippen molar-refractivity contribution in [3.63, 3.8) is 0 Å². The Balaban J connectivity index is 0.00000484. The van der Waals surface area contributed by atoms with Gasteiger partial charge < -0.3 is 10.2 Å². The van der Waals surface area contributed by atoms with Crippen LogP contribution in [0.15, 0.2) is 29.3 Å². The Kier molecular flexibility index (Phi) is 10.8. The molecule has 0 aliphatic carbocycles. The molecule has 0 saturated carbocycles. The molecule has 9 heteroatoms. The normalized spacial score (nSPS) is 11.7. The van der Waals surface area contributed by atoms with E-state index < -0.39 is 10.0 Å². The highest BCUT2D eigenvalue weighted by Gasteiger charge is 2.08. The summed E-state index contributed by atoms with van der Waals surface area (Å²) in [5.74, 6) is 0.781.